The molecule has 5 heteroatoms. The molecule has 0 saturated heterocycles. The molecule has 2 aromatic rings. The lowest BCUT2D eigenvalue weighted by molar-refractivity contribution is -0.0119. The second-order valence-electron chi connectivity index (χ2n) is 9.13. The molecular formula is C21H27N3O2. The van der Waals surface area contributed by atoms with E-state index in [0.717, 1.165) is 28.6 Å². The van der Waals surface area contributed by atoms with Crippen LogP contribution >= 0.6 is 0 Å². The van der Waals surface area contributed by atoms with E-state index in [0.29, 0.717) is 29.2 Å². The topological polar surface area (TPSA) is 68.0 Å². The Hall–Kier alpha value is -1.91. The van der Waals surface area contributed by atoms with E-state index in [9.17, 15) is 4.79 Å². The molecule has 0 atom stereocenters. The van der Waals surface area contributed by atoms with Crippen molar-refractivity contribution in [2.45, 2.75) is 64.8 Å². The number of hydrogen-bond donors (Lipinski definition) is 1. The fraction of sp³-hybridized carbons (Fsp3) is 0.667. The van der Waals surface area contributed by atoms with Gasteiger partial charge in [-0.05, 0) is 74.7 Å². The molecule has 4 bridgehead atoms. The molecule has 4 fully saturated rings. The molecule has 138 valence electrons. The number of nitrogens with zero attached hydrogens (tertiary/aromatic N) is 2. The van der Waals surface area contributed by atoms with Crippen LogP contribution in [0.5, 0.6) is 0 Å². The van der Waals surface area contributed by atoms with Crippen LogP contribution in [0.1, 0.15) is 73.6 Å². The highest BCUT2D eigenvalue weighted by Crippen LogP contribution is 2.53. The van der Waals surface area contributed by atoms with Gasteiger partial charge in [-0.3, -0.25) is 4.79 Å². The first kappa shape index (κ1) is 16.3. The Kier molecular flexibility index (Phi) is 3.63. The summed E-state index contributed by atoms with van der Waals surface area (Å²) >= 11 is 0. The number of fused-ring (bicyclic) bond motifs is 1. The molecular weight excluding hydrogens is 326 g/mol. The van der Waals surface area contributed by atoms with E-state index in [2.05, 4.69) is 29.3 Å². The maximum absolute atomic E-state index is 13.3. The van der Waals surface area contributed by atoms with Crippen LogP contribution in [0.25, 0.3) is 11.1 Å². The summed E-state index contributed by atoms with van der Waals surface area (Å²) < 4.78 is 5.37. The van der Waals surface area contributed by atoms with Gasteiger partial charge >= 0.3 is 0 Å². The molecule has 0 unspecified atom stereocenters. The van der Waals surface area contributed by atoms with E-state index in [4.69, 9.17) is 4.52 Å². The number of carbonyl (C=O) groups is 1. The quantitative estimate of drug-likeness (QED) is 0.897. The molecule has 0 radical (unpaired) electrons. The second-order valence-corrected chi connectivity index (χ2v) is 9.13. The summed E-state index contributed by atoms with van der Waals surface area (Å²) in [7, 11) is 0. The van der Waals surface area contributed by atoms with Crippen LogP contribution in [0.4, 0.5) is 0 Å². The maximum atomic E-state index is 13.3. The summed E-state index contributed by atoms with van der Waals surface area (Å²) in [5.74, 6) is 3.40. The molecule has 6 rings (SSSR count). The molecule has 26 heavy (non-hydrogen) atoms. The fourth-order valence-electron chi connectivity index (χ4n) is 5.98. The van der Waals surface area contributed by atoms with Gasteiger partial charge in [0.2, 0.25) is 0 Å². The van der Waals surface area contributed by atoms with Gasteiger partial charge < -0.3 is 9.84 Å². The van der Waals surface area contributed by atoms with Crippen molar-refractivity contribution >= 4 is 17.0 Å². The van der Waals surface area contributed by atoms with Crippen molar-refractivity contribution in [3.8, 4) is 0 Å². The molecule has 0 aliphatic heterocycles. The molecule has 2 aromatic heterocycles. The highest BCUT2D eigenvalue weighted by atomic mass is 16.5. The van der Waals surface area contributed by atoms with Crippen LogP contribution in [0.15, 0.2) is 10.6 Å². The average Bonchev–Trinajstić information content (AvgIpc) is 2.97. The molecule has 1 N–H and O–H groups in total. The maximum Gasteiger partial charge on any atom is 0.259 e. The van der Waals surface area contributed by atoms with Crippen molar-refractivity contribution < 1.29 is 9.32 Å². The van der Waals surface area contributed by atoms with E-state index in [1.54, 1.807) is 0 Å². The summed E-state index contributed by atoms with van der Waals surface area (Å²) in [5.41, 5.74) is 2.76. The van der Waals surface area contributed by atoms with Crippen molar-refractivity contribution in [2.75, 3.05) is 0 Å². The third-order valence-corrected chi connectivity index (χ3v) is 7.00. The van der Waals surface area contributed by atoms with Gasteiger partial charge in [-0.2, -0.15) is 0 Å². The second kappa shape index (κ2) is 5.80. The lowest BCUT2D eigenvalue weighted by Gasteiger charge is -2.54. The smallest absolute Gasteiger partial charge is 0.259 e. The number of amides is 1. The summed E-state index contributed by atoms with van der Waals surface area (Å²) in [6.45, 7) is 6.04. The molecule has 4 saturated carbocycles. The Balaban J connectivity index is 1.48. The Labute approximate surface area is 153 Å². The number of carbonyl (C=O) groups excluding carboxylic acids is 1. The van der Waals surface area contributed by atoms with Crippen molar-refractivity contribution in [1.82, 2.24) is 15.5 Å². The van der Waals surface area contributed by atoms with Crippen LogP contribution in [-0.2, 0) is 0 Å². The van der Waals surface area contributed by atoms with Gasteiger partial charge in [-0.1, -0.05) is 19.0 Å². The minimum absolute atomic E-state index is 0.0167. The first-order valence-electron chi connectivity index (χ1n) is 10.1. The lowest BCUT2D eigenvalue weighted by atomic mass is 9.54. The molecule has 4 aliphatic rings. The Bertz CT molecular complexity index is 842. The Morgan fingerprint density at radius 1 is 1.15 bits per heavy atom. The zero-order valence-electron chi connectivity index (χ0n) is 15.8. The van der Waals surface area contributed by atoms with E-state index in [1.807, 2.05) is 13.0 Å². The number of nitrogens with one attached hydrogen (secondary N) is 1. The number of aromatic nitrogens is 2. The van der Waals surface area contributed by atoms with Gasteiger partial charge in [0.25, 0.3) is 11.6 Å². The minimum atomic E-state index is 0.0167. The van der Waals surface area contributed by atoms with Gasteiger partial charge in [-0.25, -0.2) is 4.98 Å². The third kappa shape index (κ3) is 2.47. The van der Waals surface area contributed by atoms with E-state index < -0.39 is 0 Å². The standard InChI is InChI=1S/C21H27N3O2/c1-10(2)17-9-16(18-11(3)24-26-21(18)22-17)20(25)23-19-14-5-12-4-13(7-14)8-15(19)6-12/h9-10,12-15,19H,4-8H2,1-3H3,(H,23,25). The number of rotatable bonds is 3. The van der Waals surface area contributed by atoms with Gasteiger partial charge in [0.05, 0.1) is 16.6 Å². The summed E-state index contributed by atoms with van der Waals surface area (Å²) in [5, 5.41) is 8.22. The van der Waals surface area contributed by atoms with Crippen LogP contribution in [0.3, 0.4) is 0 Å². The van der Waals surface area contributed by atoms with Crippen LogP contribution in [0, 0.1) is 30.6 Å². The van der Waals surface area contributed by atoms with Gasteiger partial charge in [0.1, 0.15) is 0 Å². The molecule has 5 nitrogen and oxygen atoms in total. The Morgan fingerprint density at radius 2 is 1.81 bits per heavy atom. The predicted molar refractivity (Wildman–Crippen MR) is 98.9 cm³/mol. The SMILES string of the molecule is Cc1noc2nc(C(C)C)cc(C(=O)NC3C4CC5CC(C4)CC3C5)c12. The van der Waals surface area contributed by atoms with Crippen molar-refractivity contribution in [1.29, 1.82) is 0 Å². The zero-order valence-corrected chi connectivity index (χ0v) is 15.8. The van der Waals surface area contributed by atoms with E-state index in [-0.39, 0.29) is 11.8 Å². The van der Waals surface area contributed by atoms with Crippen LogP contribution in [0.2, 0.25) is 0 Å². The van der Waals surface area contributed by atoms with E-state index in [1.165, 1.54) is 32.1 Å². The summed E-state index contributed by atoms with van der Waals surface area (Å²) in [6, 6.07) is 2.27. The number of pyridine rings is 1. The number of aryl methyl sites for hydroxylation is 1. The molecule has 2 heterocycles. The zero-order chi connectivity index (χ0) is 18.0. The largest absolute Gasteiger partial charge is 0.349 e. The van der Waals surface area contributed by atoms with Crippen molar-refractivity contribution in [3.05, 3.63) is 23.0 Å². The third-order valence-electron chi connectivity index (χ3n) is 7.00. The monoisotopic (exact) mass is 353 g/mol. The summed E-state index contributed by atoms with van der Waals surface area (Å²) in [4.78, 5) is 17.8. The lowest BCUT2D eigenvalue weighted by Crippen LogP contribution is -2.55. The molecule has 4 aliphatic carbocycles. The van der Waals surface area contributed by atoms with E-state index >= 15 is 0 Å². The molecule has 1 amide bonds. The first-order chi connectivity index (χ1) is 12.5. The molecule has 0 spiro atoms. The Morgan fingerprint density at radius 3 is 2.42 bits per heavy atom. The highest BCUT2D eigenvalue weighted by Gasteiger charge is 2.48. The number of hydrogen-bond acceptors (Lipinski definition) is 4. The highest BCUT2D eigenvalue weighted by molar-refractivity contribution is 6.06. The molecule has 0 aromatic carbocycles. The normalized spacial score (nSPS) is 32.5. The first-order valence-corrected chi connectivity index (χ1v) is 10.1. The van der Waals surface area contributed by atoms with Gasteiger partial charge in [0.15, 0.2) is 0 Å². The van der Waals surface area contributed by atoms with Crippen LogP contribution in [-0.4, -0.2) is 22.1 Å². The fourth-order valence-corrected chi connectivity index (χ4v) is 5.98. The van der Waals surface area contributed by atoms with Gasteiger partial charge in [-0.15, -0.1) is 0 Å². The predicted octanol–water partition coefficient (Wildman–Crippen LogP) is 4.21. The van der Waals surface area contributed by atoms with Gasteiger partial charge in [0, 0.05) is 11.7 Å². The van der Waals surface area contributed by atoms with Crippen LogP contribution < -0.4 is 5.32 Å². The average molecular weight is 353 g/mol. The van der Waals surface area contributed by atoms with Crippen molar-refractivity contribution in [3.63, 3.8) is 0 Å². The minimum Gasteiger partial charge on any atom is -0.349 e. The van der Waals surface area contributed by atoms with Crippen molar-refractivity contribution in [2.24, 2.45) is 23.7 Å². The summed E-state index contributed by atoms with van der Waals surface area (Å²) in [6.07, 6.45) is 6.62.